The largest absolute Gasteiger partial charge is 0.377 e. The van der Waals surface area contributed by atoms with E-state index in [1.807, 2.05) is 76.7 Å². The number of nitrogens with zero attached hydrogens (tertiary/aromatic N) is 2. The summed E-state index contributed by atoms with van der Waals surface area (Å²) >= 11 is 0. The Bertz CT molecular complexity index is 1270. The summed E-state index contributed by atoms with van der Waals surface area (Å²) in [5.74, 6) is -0.0425. The number of anilines is 2. The molecule has 0 N–H and O–H groups in total. The molecule has 0 aliphatic rings. The van der Waals surface area contributed by atoms with Gasteiger partial charge in [0.15, 0.2) is 5.78 Å². The summed E-state index contributed by atoms with van der Waals surface area (Å²) in [6, 6.07) is 33.2. The van der Waals surface area contributed by atoms with E-state index >= 15 is 0 Å². The minimum absolute atomic E-state index is 0.0425. The molecule has 0 heterocycles. The van der Waals surface area contributed by atoms with Crippen LogP contribution in [0.25, 0.3) is 34.4 Å². The van der Waals surface area contributed by atoms with Gasteiger partial charge in [0.25, 0.3) is 0 Å². The van der Waals surface area contributed by atoms with Crippen LogP contribution in [-0.4, -0.2) is 34.0 Å². The van der Waals surface area contributed by atoms with E-state index in [4.69, 9.17) is 0 Å². The van der Waals surface area contributed by atoms with E-state index in [-0.39, 0.29) is 5.78 Å². The van der Waals surface area contributed by atoms with Gasteiger partial charge in [-0.2, -0.15) is 0 Å². The van der Waals surface area contributed by atoms with Gasteiger partial charge in [-0.1, -0.05) is 97.1 Å². The second kappa shape index (κ2) is 11.4. The molecular formula is C33H32N2O. The summed E-state index contributed by atoms with van der Waals surface area (Å²) in [5, 5.41) is 0. The molecule has 36 heavy (non-hydrogen) atoms. The molecule has 0 spiro atoms. The lowest BCUT2D eigenvalue weighted by atomic mass is 10.0. The highest BCUT2D eigenvalue weighted by Gasteiger charge is 2.07. The van der Waals surface area contributed by atoms with Crippen LogP contribution in [0, 0.1) is 0 Å². The molecular weight excluding hydrogens is 440 g/mol. The Morgan fingerprint density at radius 2 is 0.889 bits per heavy atom. The summed E-state index contributed by atoms with van der Waals surface area (Å²) in [5.41, 5.74) is 9.02. The van der Waals surface area contributed by atoms with E-state index in [0.717, 1.165) is 22.3 Å². The fourth-order valence-electron chi connectivity index (χ4n) is 4.18. The van der Waals surface area contributed by atoms with Gasteiger partial charge in [-0.15, -0.1) is 0 Å². The van der Waals surface area contributed by atoms with Gasteiger partial charge < -0.3 is 9.80 Å². The smallest absolute Gasteiger partial charge is 0.178 e. The van der Waals surface area contributed by atoms with Crippen molar-refractivity contribution in [2.24, 2.45) is 0 Å². The summed E-state index contributed by atoms with van der Waals surface area (Å²) in [6.07, 6.45) is 6.94. The fraction of sp³-hybridized carbons (Fsp3) is 0.121. The second-order valence-electron chi connectivity index (χ2n) is 9.14. The molecule has 4 rings (SSSR count). The molecule has 0 unspecified atom stereocenters. The monoisotopic (exact) mass is 472 g/mol. The van der Waals surface area contributed by atoms with E-state index in [9.17, 15) is 4.79 Å². The van der Waals surface area contributed by atoms with Crippen LogP contribution in [0.5, 0.6) is 0 Å². The van der Waals surface area contributed by atoms with E-state index in [2.05, 4.69) is 70.5 Å². The minimum Gasteiger partial charge on any atom is -0.377 e. The molecule has 0 bridgehead atoms. The van der Waals surface area contributed by atoms with Gasteiger partial charge in [0.05, 0.1) is 0 Å². The van der Waals surface area contributed by atoms with Gasteiger partial charge in [-0.05, 0) is 46.5 Å². The van der Waals surface area contributed by atoms with Crippen LogP contribution in [0.2, 0.25) is 0 Å². The number of hydrogen-bond donors (Lipinski definition) is 0. The van der Waals surface area contributed by atoms with Crippen molar-refractivity contribution in [3.05, 3.63) is 120 Å². The van der Waals surface area contributed by atoms with E-state index in [1.54, 1.807) is 12.2 Å². The molecule has 0 aliphatic heterocycles. The number of ketones is 1. The van der Waals surface area contributed by atoms with Crippen molar-refractivity contribution < 1.29 is 4.79 Å². The molecule has 4 aromatic rings. The second-order valence-corrected chi connectivity index (χ2v) is 9.14. The average molecular weight is 473 g/mol. The molecule has 3 nitrogen and oxygen atoms in total. The Hall–Kier alpha value is -4.37. The Kier molecular flexibility index (Phi) is 7.82. The van der Waals surface area contributed by atoms with Crippen LogP contribution >= 0.6 is 0 Å². The summed E-state index contributed by atoms with van der Waals surface area (Å²) < 4.78 is 0. The first-order valence-electron chi connectivity index (χ1n) is 12.1. The highest BCUT2D eigenvalue weighted by atomic mass is 16.1. The van der Waals surface area contributed by atoms with Crippen molar-refractivity contribution in [3.63, 3.8) is 0 Å². The van der Waals surface area contributed by atoms with Gasteiger partial charge in [0, 0.05) is 50.7 Å². The number of para-hydroxylation sites is 2. The molecule has 180 valence electrons. The fourth-order valence-corrected chi connectivity index (χ4v) is 4.18. The summed E-state index contributed by atoms with van der Waals surface area (Å²) in [4.78, 5) is 16.7. The van der Waals surface area contributed by atoms with E-state index < -0.39 is 0 Å². The highest BCUT2D eigenvalue weighted by molar-refractivity contribution is 6.04. The predicted octanol–water partition coefficient (Wildman–Crippen LogP) is 7.45. The van der Waals surface area contributed by atoms with Crippen LogP contribution in [0.1, 0.15) is 11.1 Å². The van der Waals surface area contributed by atoms with Crippen molar-refractivity contribution in [1.29, 1.82) is 0 Å². The minimum atomic E-state index is -0.0425. The Morgan fingerprint density at radius 1 is 0.528 bits per heavy atom. The maximum Gasteiger partial charge on any atom is 0.178 e. The molecule has 0 radical (unpaired) electrons. The number of rotatable bonds is 8. The third kappa shape index (κ3) is 6.00. The molecule has 0 aliphatic carbocycles. The molecule has 3 heteroatoms. The predicted molar refractivity (Wildman–Crippen MR) is 155 cm³/mol. The zero-order valence-electron chi connectivity index (χ0n) is 21.3. The first-order valence-corrected chi connectivity index (χ1v) is 12.1. The van der Waals surface area contributed by atoms with Gasteiger partial charge >= 0.3 is 0 Å². The summed E-state index contributed by atoms with van der Waals surface area (Å²) in [6.45, 7) is 0. The van der Waals surface area contributed by atoms with E-state index in [0.29, 0.717) is 0 Å². The third-order valence-corrected chi connectivity index (χ3v) is 6.10. The number of hydrogen-bond acceptors (Lipinski definition) is 3. The van der Waals surface area contributed by atoms with Gasteiger partial charge in [-0.25, -0.2) is 0 Å². The third-order valence-electron chi connectivity index (χ3n) is 6.10. The van der Waals surface area contributed by atoms with Crippen LogP contribution in [0.3, 0.4) is 0 Å². The molecule has 0 atom stereocenters. The number of allylic oxidation sites excluding steroid dienone is 2. The topological polar surface area (TPSA) is 23.6 Å². The lowest BCUT2D eigenvalue weighted by Crippen LogP contribution is -2.09. The zero-order chi connectivity index (χ0) is 25.5. The number of benzene rings is 4. The molecule has 0 aromatic heterocycles. The van der Waals surface area contributed by atoms with Crippen molar-refractivity contribution >= 4 is 29.3 Å². The van der Waals surface area contributed by atoms with Crippen molar-refractivity contribution in [3.8, 4) is 22.3 Å². The first kappa shape index (κ1) is 24.7. The van der Waals surface area contributed by atoms with Gasteiger partial charge in [0.1, 0.15) is 0 Å². The van der Waals surface area contributed by atoms with E-state index in [1.165, 1.54) is 22.5 Å². The molecule has 0 amide bonds. The Labute approximate surface area is 214 Å². The molecule has 0 fully saturated rings. The van der Waals surface area contributed by atoms with Gasteiger partial charge in [0.2, 0.25) is 0 Å². The van der Waals surface area contributed by atoms with Crippen LogP contribution in [0.15, 0.2) is 109 Å². The average Bonchev–Trinajstić information content (AvgIpc) is 2.91. The molecule has 4 aromatic carbocycles. The Balaban J connectivity index is 1.41. The zero-order valence-corrected chi connectivity index (χ0v) is 21.3. The van der Waals surface area contributed by atoms with Crippen LogP contribution in [-0.2, 0) is 4.79 Å². The van der Waals surface area contributed by atoms with Crippen LogP contribution < -0.4 is 9.80 Å². The lowest BCUT2D eigenvalue weighted by Gasteiger charge is -2.17. The Morgan fingerprint density at radius 3 is 1.25 bits per heavy atom. The quantitative estimate of drug-likeness (QED) is 0.249. The first-order chi connectivity index (χ1) is 17.4. The maximum absolute atomic E-state index is 12.4. The lowest BCUT2D eigenvalue weighted by molar-refractivity contribution is -0.110. The number of carbonyl (C=O) groups is 1. The molecule has 0 saturated carbocycles. The normalized spacial score (nSPS) is 11.2. The van der Waals surface area contributed by atoms with Crippen LogP contribution in [0.4, 0.5) is 11.4 Å². The maximum atomic E-state index is 12.4. The van der Waals surface area contributed by atoms with Gasteiger partial charge in [-0.3, -0.25) is 4.79 Å². The number of carbonyl (C=O) groups excluding carboxylic acids is 1. The van der Waals surface area contributed by atoms with Crippen molar-refractivity contribution in [2.75, 3.05) is 38.0 Å². The highest BCUT2D eigenvalue weighted by Crippen LogP contribution is 2.31. The summed E-state index contributed by atoms with van der Waals surface area (Å²) in [7, 11) is 8.20. The SMILES string of the molecule is CN(C)c1ccccc1-c1ccc(/C=C/C(=O)/C=C/c2ccc(-c3ccccc3N(C)C)cc2)cc1. The van der Waals surface area contributed by atoms with Crippen molar-refractivity contribution in [2.45, 2.75) is 0 Å². The molecule has 0 saturated heterocycles. The van der Waals surface area contributed by atoms with Crippen molar-refractivity contribution in [1.82, 2.24) is 0 Å². The standard InChI is InChI=1S/C33H32N2O/c1-34(2)32-11-7-5-9-30(32)27-19-13-25(14-20-27)17-23-29(36)24-18-26-15-21-28(22-16-26)31-10-6-8-12-33(31)35(3)4/h5-24H,1-4H3/b23-17+,24-18+.